The van der Waals surface area contributed by atoms with Gasteiger partial charge in [0.25, 0.3) is 0 Å². The average molecular weight is 334 g/mol. The Balaban J connectivity index is 2.74. The lowest BCUT2D eigenvalue weighted by Gasteiger charge is -2.12. The first kappa shape index (κ1) is 17.2. The van der Waals surface area contributed by atoms with Gasteiger partial charge in [0.05, 0.1) is 5.69 Å². The van der Waals surface area contributed by atoms with Crippen LogP contribution in [0.2, 0.25) is 0 Å². The van der Waals surface area contributed by atoms with Gasteiger partial charge in [0, 0.05) is 13.1 Å². The quantitative estimate of drug-likeness (QED) is 0.933. The molecule has 0 saturated carbocycles. The van der Waals surface area contributed by atoms with E-state index in [4.69, 9.17) is 0 Å². The Morgan fingerprint density at radius 3 is 2.61 bits per heavy atom. The van der Waals surface area contributed by atoms with E-state index < -0.39 is 6.03 Å². The van der Waals surface area contributed by atoms with E-state index in [-0.39, 0.29) is 11.6 Å². The summed E-state index contributed by atoms with van der Waals surface area (Å²) in [6.45, 7) is 8.91. The Morgan fingerprint density at radius 1 is 1.30 bits per heavy atom. The number of aryl methyl sites for hydroxylation is 1. The standard InChI is InChI=1S/C16H22N4O2S/c1-5-17-14(21)18-15-20(16(22)19(6-2)23-15)13-10-8-7-9-12(13)11(3)4/h7-11H,5-6H2,1-4H3,(H,17,21)/b18-15+. The van der Waals surface area contributed by atoms with Crippen LogP contribution in [-0.2, 0) is 6.54 Å². The van der Waals surface area contributed by atoms with Crippen LogP contribution in [0.15, 0.2) is 34.1 Å². The minimum Gasteiger partial charge on any atom is -0.336 e. The summed E-state index contributed by atoms with van der Waals surface area (Å²) in [7, 11) is 0. The van der Waals surface area contributed by atoms with E-state index in [9.17, 15) is 9.59 Å². The monoisotopic (exact) mass is 334 g/mol. The van der Waals surface area contributed by atoms with E-state index in [1.165, 1.54) is 16.1 Å². The molecule has 0 unspecified atom stereocenters. The molecule has 0 saturated heterocycles. The van der Waals surface area contributed by atoms with Crippen molar-refractivity contribution in [2.75, 3.05) is 6.54 Å². The Bertz CT molecular complexity index is 814. The number of carbonyl (C=O) groups excluding carboxylic acids is 1. The van der Waals surface area contributed by atoms with Gasteiger partial charge >= 0.3 is 11.7 Å². The molecule has 6 nitrogen and oxygen atoms in total. The molecule has 2 aromatic rings. The molecule has 23 heavy (non-hydrogen) atoms. The second-order valence-corrected chi connectivity index (χ2v) is 6.34. The van der Waals surface area contributed by atoms with Crippen LogP contribution in [-0.4, -0.2) is 21.1 Å². The summed E-state index contributed by atoms with van der Waals surface area (Å²) in [5.41, 5.74) is 1.65. The molecule has 1 aromatic carbocycles. The zero-order chi connectivity index (χ0) is 17.0. The highest BCUT2D eigenvalue weighted by Gasteiger charge is 2.15. The van der Waals surface area contributed by atoms with Crippen molar-refractivity contribution in [1.29, 1.82) is 0 Å². The van der Waals surface area contributed by atoms with Crippen LogP contribution in [0.3, 0.4) is 0 Å². The lowest BCUT2D eigenvalue weighted by atomic mass is 10.0. The number of amides is 2. The first-order valence-corrected chi connectivity index (χ1v) is 8.51. The van der Waals surface area contributed by atoms with Gasteiger partial charge < -0.3 is 5.32 Å². The number of urea groups is 1. The lowest BCUT2D eigenvalue weighted by molar-refractivity contribution is 0.249. The molecule has 7 heteroatoms. The molecule has 0 fully saturated rings. The number of aromatic nitrogens is 2. The predicted octanol–water partition coefficient (Wildman–Crippen LogP) is 2.47. The van der Waals surface area contributed by atoms with Crippen LogP contribution < -0.4 is 15.8 Å². The largest absolute Gasteiger partial charge is 0.344 e. The zero-order valence-corrected chi connectivity index (χ0v) is 14.7. The van der Waals surface area contributed by atoms with Crippen molar-refractivity contribution in [1.82, 2.24) is 13.8 Å². The SMILES string of the molecule is CCNC(=O)/N=c1/sn(CC)c(=O)n1-c1ccccc1C(C)C. The van der Waals surface area contributed by atoms with Crippen molar-refractivity contribution >= 4 is 17.6 Å². The van der Waals surface area contributed by atoms with Crippen molar-refractivity contribution in [3.63, 3.8) is 0 Å². The summed E-state index contributed by atoms with van der Waals surface area (Å²) >= 11 is 1.20. The Hall–Kier alpha value is -2.15. The third-order valence-corrected chi connectivity index (χ3v) is 4.47. The van der Waals surface area contributed by atoms with Crippen LogP contribution in [0.4, 0.5) is 4.79 Å². The molecule has 0 aliphatic carbocycles. The molecule has 2 amide bonds. The Labute approximate surface area is 139 Å². The number of rotatable bonds is 4. The molecule has 0 spiro atoms. The van der Waals surface area contributed by atoms with E-state index >= 15 is 0 Å². The number of nitrogens with one attached hydrogen (secondary N) is 1. The first-order valence-electron chi connectivity index (χ1n) is 7.74. The maximum absolute atomic E-state index is 12.7. The number of hydrogen-bond donors (Lipinski definition) is 1. The van der Waals surface area contributed by atoms with E-state index in [0.717, 1.165) is 11.3 Å². The highest BCUT2D eigenvalue weighted by Crippen LogP contribution is 2.21. The molecule has 0 radical (unpaired) electrons. The van der Waals surface area contributed by atoms with Crippen LogP contribution >= 0.6 is 11.5 Å². The van der Waals surface area contributed by atoms with Crippen molar-refractivity contribution in [3.05, 3.63) is 45.1 Å². The summed E-state index contributed by atoms with van der Waals surface area (Å²) in [6, 6.07) is 7.28. The van der Waals surface area contributed by atoms with Crippen molar-refractivity contribution in [3.8, 4) is 5.69 Å². The van der Waals surface area contributed by atoms with Gasteiger partial charge in [-0.05, 0) is 42.9 Å². The summed E-state index contributed by atoms with van der Waals surface area (Å²) in [5.74, 6) is 0.255. The normalized spacial score (nSPS) is 12.0. The van der Waals surface area contributed by atoms with Crippen LogP contribution in [0.25, 0.3) is 5.69 Å². The maximum Gasteiger partial charge on any atom is 0.344 e. The molecular weight excluding hydrogens is 312 g/mol. The van der Waals surface area contributed by atoms with Gasteiger partial charge in [-0.25, -0.2) is 18.1 Å². The fraction of sp³-hybridized carbons (Fsp3) is 0.438. The van der Waals surface area contributed by atoms with Gasteiger partial charge in [-0.3, -0.25) is 0 Å². The van der Waals surface area contributed by atoms with Crippen molar-refractivity contribution in [2.45, 2.75) is 40.2 Å². The van der Waals surface area contributed by atoms with Crippen LogP contribution in [0.5, 0.6) is 0 Å². The van der Waals surface area contributed by atoms with E-state index in [1.807, 2.05) is 38.1 Å². The molecule has 0 bridgehead atoms. The molecule has 124 valence electrons. The fourth-order valence-electron chi connectivity index (χ4n) is 2.31. The predicted molar refractivity (Wildman–Crippen MR) is 92.3 cm³/mol. The highest BCUT2D eigenvalue weighted by atomic mass is 32.1. The second-order valence-electron chi connectivity index (χ2n) is 5.35. The van der Waals surface area contributed by atoms with Crippen molar-refractivity contribution < 1.29 is 4.79 Å². The van der Waals surface area contributed by atoms with Gasteiger partial charge in [0.1, 0.15) is 0 Å². The third-order valence-electron chi connectivity index (χ3n) is 3.40. The smallest absolute Gasteiger partial charge is 0.336 e. The summed E-state index contributed by atoms with van der Waals surface area (Å²) in [5, 5.41) is 2.63. The molecule has 2 rings (SSSR count). The zero-order valence-electron chi connectivity index (χ0n) is 13.9. The maximum atomic E-state index is 12.7. The summed E-state index contributed by atoms with van der Waals surface area (Å²) < 4.78 is 3.12. The van der Waals surface area contributed by atoms with Gasteiger partial charge in [-0.1, -0.05) is 32.0 Å². The molecule has 0 aliphatic heterocycles. The van der Waals surface area contributed by atoms with Gasteiger partial charge in [0.15, 0.2) is 0 Å². The minimum absolute atomic E-state index is 0.173. The number of benzene rings is 1. The molecule has 0 atom stereocenters. The number of hydrogen-bond acceptors (Lipinski definition) is 3. The van der Waals surface area contributed by atoms with Gasteiger partial charge in [0.2, 0.25) is 4.80 Å². The average Bonchev–Trinajstić information content (AvgIpc) is 2.83. The van der Waals surface area contributed by atoms with E-state index in [2.05, 4.69) is 24.2 Å². The third kappa shape index (κ3) is 3.61. The summed E-state index contributed by atoms with van der Waals surface area (Å²) in [6.07, 6.45) is 0. The molecular formula is C16H22N4O2S. The molecule has 1 aromatic heterocycles. The number of nitrogens with zero attached hydrogens (tertiary/aromatic N) is 3. The van der Waals surface area contributed by atoms with Crippen LogP contribution in [0, 0.1) is 0 Å². The summed E-state index contributed by atoms with van der Waals surface area (Å²) in [4.78, 5) is 29.0. The topological polar surface area (TPSA) is 68.4 Å². The number of carbonyl (C=O) groups is 1. The molecule has 1 N–H and O–H groups in total. The Morgan fingerprint density at radius 2 is 2.00 bits per heavy atom. The minimum atomic E-state index is -0.437. The second kappa shape index (κ2) is 7.41. The van der Waals surface area contributed by atoms with Gasteiger partial charge in [-0.15, -0.1) is 0 Å². The van der Waals surface area contributed by atoms with Crippen LogP contribution in [0.1, 0.15) is 39.2 Å². The molecule has 0 aliphatic rings. The Kier molecular flexibility index (Phi) is 5.54. The highest BCUT2D eigenvalue weighted by molar-refractivity contribution is 7.03. The number of para-hydroxylation sites is 1. The fourth-order valence-corrected chi connectivity index (χ4v) is 3.17. The molecule has 1 heterocycles. The van der Waals surface area contributed by atoms with E-state index in [1.54, 1.807) is 3.96 Å². The van der Waals surface area contributed by atoms with Crippen molar-refractivity contribution in [2.24, 2.45) is 4.99 Å². The lowest BCUT2D eigenvalue weighted by Crippen LogP contribution is -2.30. The van der Waals surface area contributed by atoms with Gasteiger partial charge in [-0.2, -0.15) is 4.99 Å². The van der Waals surface area contributed by atoms with E-state index in [0.29, 0.717) is 17.9 Å². The first-order chi connectivity index (χ1) is 11.0.